The number of hydrogen-bond donors (Lipinski definition) is 1. The molecule has 1 nitrogen and oxygen atoms in total. The molecule has 0 aromatic heterocycles. The van der Waals surface area contributed by atoms with Crippen LogP contribution in [-0.2, 0) is 0 Å². The molecular formula is C7H15N. The van der Waals surface area contributed by atoms with E-state index in [-0.39, 0.29) is 0 Å². The molecule has 1 saturated carbocycles. The maximum Gasteiger partial charge on any atom is 0.00443 e. The summed E-state index contributed by atoms with van der Waals surface area (Å²) in [5, 5.41) is 0. The van der Waals surface area contributed by atoms with Gasteiger partial charge < -0.3 is 5.73 Å². The van der Waals surface area contributed by atoms with Gasteiger partial charge >= 0.3 is 0 Å². The van der Waals surface area contributed by atoms with Gasteiger partial charge in [0.25, 0.3) is 0 Å². The molecule has 1 aliphatic carbocycles. The van der Waals surface area contributed by atoms with Crippen LogP contribution >= 0.6 is 0 Å². The van der Waals surface area contributed by atoms with Crippen LogP contribution in [0.3, 0.4) is 0 Å². The summed E-state index contributed by atoms with van der Waals surface area (Å²) in [4.78, 5) is 0. The predicted molar refractivity (Wildman–Crippen MR) is 35.5 cm³/mol. The zero-order valence-corrected chi connectivity index (χ0v) is 5.72. The minimum Gasteiger partial charge on any atom is -0.328 e. The highest BCUT2D eigenvalue weighted by Crippen LogP contribution is 2.31. The molecule has 0 heterocycles. The summed E-state index contributed by atoms with van der Waals surface area (Å²) in [5.41, 5.74) is 5.61. The maximum atomic E-state index is 5.61. The molecule has 0 bridgehead atoms. The van der Waals surface area contributed by atoms with E-state index in [0.29, 0.717) is 6.04 Å². The van der Waals surface area contributed by atoms with Crippen LogP contribution in [0.5, 0.6) is 0 Å². The van der Waals surface area contributed by atoms with E-state index in [2.05, 4.69) is 13.8 Å². The molecule has 0 aromatic rings. The Kier molecular flexibility index (Phi) is 1.57. The van der Waals surface area contributed by atoms with Crippen molar-refractivity contribution in [1.82, 2.24) is 0 Å². The third kappa shape index (κ3) is 1.03. The largest absolute Gasteiger partial charge is 0.328 e. The van der Waals surface area contributed by atoms with Crippen molar-refractivity contribution in [3.63, 3.8) is 0 Å². The first-order valence-electron chi connectivity index (χ1n) is 3.45. The van der Waals surface area contributed by atoms with Crippen molar-refractivity contribution >= 4 is 0 Å². The molecule has 1 fully saturated rings. The van der Waals surface area contributed by atoms with E-state index in [4.69, 9.17) is 5.73 Å². The van der Waals surface area contributed by atoms with Gasteiger partial charge in [-0.2, -0.15) is 0 Å². The van der Waals surface area contributed by atoms with Gasteiger partial charge in [-0.15, -0.1) is 0 Å². The van der Waals surface area contributed by atoms with Crippen LogP contribution in [0.4, 0.5) is 0 Å². The highest BCUT2D eigenvalue weighted by molar-refractivity contribution is 4.83. The maximum absolute atomic E-state index is 5.61. The SMILES string of the molecule is CC(C)[C@H]1C[C@H](N)C1. The third-order valence-electron chi connectivity index (χ3n) is 2.15. The lowest BCUT2D eigenvalue weighted by Crippen LogP contribution is -2.38. The quantitative estimate of drug-likeness (QED) is 0.546. The fourth-order valence-electron chi connectivity index (χ4n) is 1.25. The van der Waals surface area contributed by atoms with Crippen LogP contribution in [0, 0.1) is 11.8 Å². The molecule has 48 valence electrons. The fraction of sp³-hybridized carbons (Fsp3) is 1.00. The van der Waals surface area contributed by atoms with Gasteiger partial charge in [0.15, 0.2) is 0 Å². The Balaban J connectivity index is 2.15. The number of hydrogen-bond acceptors (Lipinski definition) is 1. The molecule has 1 rings (SSSR count). The number of rotatable bonds is 1. The van der Waals surface area contributed by atoms with Crippen molar-refractivity contribution in [1.29, 1.82) is 0 Å². The minimum atomic E-state index is 0.530. The molecule has 2 N–H and O–H groups in total. The molecule has 1 heteroatoms. The molecule has 0 unspecified atom stereocenters. The molecule has 1 aliphatic rings. The molecule has 0 amide bonds. The first kappa shape index (κ1) is 6.09. The molecular weight excluding hydrogens is 98.1 g/mol. The van der Waals surface area contributed by atoms with Gasteiger partial charge in [0.2, 0.25) is 0 Å². The molecule has 0 aliphatic heterocycles. The van der Waals surface area contributed by atoms with Crippen LogP contribution in [0.2, 0.25) is 0 Å². The molecule has 8 heavy (non-hydrogen) atoms. The highest BCUT2D eigenvalue weighted by Gasteiger charge is 2.27. The summed E-state index contributed by atoms with van der Waals surface area (Å²) >= 11 is 0. The van der Waals surface area contributed by atoms with Gasteiger partial charge in [-0.05, 0) is 24.7 Å². The predicted octanol–water partition coefficient (Wildman–Crippen LogP) is 1.38. The minimum absolute atomic E-state index is 0.530. The van der Waals surface area contributed by atoms with Gasteiger partial charge in [-0.25, -0.2) is 0 Å². The van der Waals surface area contributed by atoms with Crippen molar-refractivity contribution in [3.05, 3.63) is 0 Å². The Morgan fingerprint density at radius 3 is 2.00 bits per heavy atom. The summed E-state index contributed by atoms with van der Waals surface area (Å²) in [7, 11) is 0. The second-order valence-corrected chi connectivity index (χ2v) is 3.24. The molecule has 0 aromatic carbocycles. The van der Waals surface area contributed by atoms with E-state index in [1.54, 1.807) is 0 Å². The average molecular weight is 113 g/mol. The van der Waals surface area contributed by atoms with Crippen LogP contribution < -0.4 is 5.73 Å². The van der Waals surface area contributed by atoms with Gasteiger partial charge in [-0.3, -0.25) is 0 Å². The van der Waals surface area contributed by atoms with E-state index >= 15 is 0 Å². The summed E-state index contributed by atoms with van der Waals surface area (Å²) in [6.45, 7) is 4.55. The lowest BCUT2D eigenvalue weighted by molar-refractivity contribution is 0.199. The first-order chi connectivity index (χ1) is 3.70. The third-order valence-corrected chi connectivity index (χ3v) is 2.15. The monoisotopic (exact) mass is 113 g/mol. The van der Waals surface area contributed by atoms with Crippen molar-refractivity contribution in [3.8, 4) is 0 Å². The molecule has 0 atom stereocenters. The van der Waals surface area contributed by atoms with Crippen molar-refractivity contribution in [2.75, 3.05) is 0 Å². The van der Waals surface area contributed by atoms with Crippen LogP contribution in [0.1, 0.15) is 26.7 Å². The van der Waals surface area contributed by atoms with Crippen molar-refractivity contribution in [2.45, 2.75) is 32.7 Å². The van der Waals surface area contributed by atoms with E-state index in [9.17, 15) is 0 Å². The molecule has 0 spiro atoms. The van der Waals surface area contributed by atoms with E-state index < -0.39 is 0 Å². The standard InChI is InChI=1S/C7H15N/c1-5(2)6-3-7(8)4-6/h5-7H,3-4,8H2,1-2H3/t6-,7-. The second kappa shape index (κ2) is 2.06. The van der Waals surface area contributed by atoms with Gasteiger partial charge in [0.1, 0.15) is 0 Å². The topological polar surface area (TPSA) is 26.0 Å². The first-order valence-corrected chi connectivity index (χ1v) is 3.45. The summed E-state index contributed by atoms with van der Waals surface area (Å²) in [5.74, 6) is 1.79. The summed E-state index contributed by atoms with van der Waals surface area (Å²) in [6.07, 6.45) is 2.52. The lowest BCUT2D eigenvalue weighted by Gasteiger charge is -2.35. The normalized spacial score (nSPS) is 37.5. The van der Waals surface area contributed by atoms with E-state index in [1.165, 1.54) is 12.8 Å². The Hall–Kier alpha value is -0.0400. The summed E-state index contributed by atoms with van der Waals surface area (Å²) in [6, 6.07) is 0.530. The van der Waals surface area contributed by atoms with Crippen LogP contribution in [0.25, 0.3) is 0 Å². The lowest BCUT2D eigenvalue weighted by atomic mass is 9.74. The average Bonchev–Trinajstić information content (AvgIpc) is 1.57. The van der Waals surface area contributed by atoms with E-state index in [0.717, 1.165) is 11.8 Å². The smallest absolute Gasteiger partial charge is 0.00443 e. The van der Waals surface area contributed by atoms with Gasteiger partial charge in [0, 0.05) is 6.04 Å². The highest BCUT2D eigenvalue weighted by atomic mass is 14.7. The van der Waals surface area contributed by atoms with Crippen LogP contribution in [-0.4, -0.2) is 6.04 Å². The molecule has 0 radical (unpaired) electrons. The zero-order valence-electron chi connectivity index (χ0n) is 5.72. The Labute approximate surface area is 51.3 Å². The van der Waals surface area contributed by atoms with E-state index in [1.807, 2.05) is 0 Å². The second-order valence-electron chi connectivity index (χ2n) is 3.24. The Bertz CT molecular complexity index is 72.5. The number of nitrogens with two attached hydrogens (primary N) is 1. The Morgan fingerprint density at radius 2 is 1.88 bits per heavy atom. The van der Waals surface area contributed by atoms with Crippen LogP contribution in [0.15, 0.2) is 0 Å². The summed E-state index contributed by atoms with van der Waals surface area (Å²) < 4.78 is 0. The fourth-order valence-corrected chi connectivity index (χ4v) is 1.25. The van der Waals surface area contributed by atoms with Gasteiger partial charge in [0.05, 0.1) is 0 Å². The van der Waals surface area contributed by atoms with Gasteiger partial charge in [-0.1, -0.05) is 13.8 Å². The molecule has 0 saturated heterocycles. The Morgan fingerprint density at radius 1 is 1.38 bits per heavy atom. The van der Waals surface area contributed by atoms with Crippen molar-refractivity contribution < 1.29 is 0 Å². The zero-order chi connectivity index (χ0) is 6.15. The van der Waals surface area contributed by atoms with Crippen molar-refractivity contribution in [2.24, 2.45) is 17.6 Å².